The van der Waals surface area contributed by atoms with Crippen LogP contribution < -0.4 is 10.2 Å². The summed E-state index contributed by atoms with van der Waals surface area (Å²) < 4.78 is 17.0. The maximum atomic E-state index is 14.4. The molecule has 0 spiro atoms. The summed E-state index contributed by atoms with van der Waals surface area (Å²) in [5.74, 6) is -0.539. The average Bonchev–Trinajstić information content (AvgIpc) is 3.44. The van der Waals surface area contributed by atoms with Crippen LogP contribution in [-0.4, -0.2) is 33.5 Å². The summed E-state index contributed by atoms with van der Waals surface area (Å²) in [4.78, 5) is 24.8. The smallest absolute Gasteiger partial charge is 0.261 e. The van der Waals surface area contributed by atoms with Crippen LogP contribution in [0.2, 0.25) is 0 Å². The fourth-order valence-corrected chi connectivity index (χ4v) is 5.26. The fourth-order valence-electron chi connectivity index (χ4n) is 3.01. The van der Waals surface area contributed by atoms with E-state index >= 15 is 0 Å². The Balaban J connectivity index is 1.43. The zero-order valence-corrected chi connectivity index (χ0v) is 17.7. The van der Waals surface area contributed by atoms with Crippen molar-refractivity contribution in [2.24, 2.45) is 0 Å². The van der Waals surface area contributed by atoms with Crippen LogP contribution in [0.15, 0.2) is 43.0 Å². The molecule has 1 amide bonds. The Morgan fingerprint density at radius 2 is 2.07 bits per heavy atom. The number of thiophene rings is 1. The van der Waals surface area contributed by atoms with E-state index in [-0.39, 0.29) is 18.3 Å². The average molecular weight is 430 g/mol. The molecular formula is C20H20FN5OS2. The van der Waals surface area contributed by atoms with E-state index in [4.69, 9.17) is 0 Å². The second-order valence-corrected chi connectivity index (χ2v) is 8.43. The van der Waals surface area contributed by atoms with Crippen molar-refractivity contribution in [1.82, 2.24) is 19.9 Å². The van der Waals surface area contributed by atoms with Crippen molar-refractivity contribution in [3.63, 3.8) is 0 Å². The number of fused-ring (bicyclic) bond motifs is 1. The number of anilines is 1. The van der Waals surface area contributed by atoms with Gasteiger partial charge >= 0.3 is 0 Å². The minimum Gasteiger partial charge on any atom is -0.349 e. The first-order valence-corrected chi connectivity index (χ1v) is 10.9. The van der Waals surface area contributed by atoms with E-state index in [1.807, 2.05) is 6.07 Å². The third-order valence-electron chi connectivity index (χ3n) is 4.58. The lowest BCUT2D eigenvalue weighted by atomic mass is 10.2. The number of hydrogen-bond acceptors (Lipinski definition) is 6. The number of halogens is 1. The lowest BCUT2D eigenvalue weighted by Crippen LogP contribution is -2.22. The molecule has 3 aromatic heterocycles. The van der Waals surface area contributed by atoms with E-state index < -0.39 is 0 Å². The Labute approximate surface area is 175 Å². The molecule has 0 saturated carbocycles. The number of carbonyl (C=O) groups is 1. The number of carbonyl (C=O) groups excluding carboxylic acids is 1. The Hall–Kier alpha value is -2.78. The summed E-state index contributed by atoms with van der Waals surface area (Å²) in [7, 11) is 0. The highest BCUT2D eigenvalue weighted by atomic mass is 32.1. The summed E-state index contributed by atoms with van der Waals surface area (Å²) in [6.45, 7) is 6.26. The van der Waals surface area contributed by atoms with Crippen molar-refractivity contribution in [3.8, 4) is 5.69 Å². The lowest BCUT2D eigenvalue weighted by molar-refractivity contribution is 0.0955. The maximum Gasteiger partial charge on any atom is 0.261 e. The second-order valence-electron chi connectivity index (χ2n) is 6.39. The topological polar surface area (TPSA) is 63.1 Å². The van der Waals surface area contributed by atoms with E-state index in [1.54, 1.807) is 46.8 Å². The molecule has 0 radical (unpaired) electrons. The van der Waals surface area contributed by atoms with Gasteiger partial charge in [0.05, 0.1) is 21.6 Å². The predicted octanol–water partition coefficient (Wildman–Crippen LogP) is 4.46. The van der Waals surface area contributed by atoms with Crippen LogP contribution in [0.5, 0.6) is 0 Å². The van der Waals surface area contributed by atoms with Crippen LogP contribution in [-0.2, 0) is 6.54 Å². The molecule has 1 N–H and O–H groups in total. The number of hydrogen-bond donors (Lipinski definition) is 1. The molecule has 0 saturated heterocycles. The summed E-state index contributed by atoms with van der Waals surface area (Å²) in [6.07, 6.45) is 4.82. The first kappa shape index (κ1) is 19.5. The van der Waals surface area contributed by atoms with Crippen LogP contribution in [0.4, 0.5) is 9.52 Å². The molecule has 0 fully saturated rings. The molecule has 29 heavy (non-hydrogen) atoms. The Kier molecular flexibility index (Phi) is 5.59. The predicted molar refractivity (Wildman–Crippen MR) is 116 cm³/mol. The summed E-state index contributed by atoms with van der Waals surface area (Å²) in [6, 6.07) is 6.78. The molecule has 3 heterocycles. The number of nitrogens with zero attached hydrogens (tertiary/aromatic N) is 4. The molecule has 6 nitrogen and oxygen atoms in total. The van der Waals surface area contributed by atoms with E-state index in [2.05, 4.69) is 34.0 Å². The summed E-state index contributed by atoms with van der Waals surface area (Å²) in [5, 5.41) is 3.84. The van der Waals surface area contributed by atoms with Gasteiger partial charge in [0.1, 0.15) is 10.6 Å². The first-order chi connectivity index (χ1) is 14.1. The monoisotopic (exact) mass is 429 g/mol. The van der Waals surface area contributed by atoms with E-state index in [0.29, 0.717) is 16.1 Å². The SMILES string of the molecule is CCN(CC)c1nc2sc(C(=O)NCc3ccc(-n4ccnc4)c(F)c3)cc2s1. The van der Waals surface area contributed by atoms with Gasteiger partial charge in [0.2, 0.25) is 0 Å². The van der Waals surface area contributed by atoms with Gasteiger partial charge in [0.15, 0.2) is 5.13 Å². The third kappa shape index (κ3) is 4.01. The van der Waals surface area contributed by atoms with Crippen molar-refractivity contribution in [2.45, 2.75) is 20.4 Å². The molecule has 4 aromatic rings. The van der Waals surface area contributed by atoms with Crippen molar-refractivity contribution in [1.29, 1.82) is 0 Å². The lowest BCUT2D eigenvalue weighted by Gasteiger charge is -2.16. The Morgan fingerprint density at radius 1 is 1.24 bits per heavy atom. The zero-order chi connectivity index (χ0) is 20.4. The maximum absolute atomic E-state index is 14.4. The molecule has 0 unspecified atom stereocenters. The van der Waals surface area contributed by atoms with Crippen molar-refractivity contribution in [2.75, 3.05) is 18.0 Å². The first-order valence-electron chi connectivity index (χ1n) is 9.29. The molecule has 0 bridgehead atoms. The quantitative estimate of drug-likeness (QED) is 0.471. The van der Waals surface area contributed by atoms with Gasteiger partial charge in [-0.2, -0.15) is 0 Å². The normalized spacial score (nSPS) is 11.1. The minimum absolute atomic E-state index is 0.177. The highest BCUT2D eigenvalue weighted by molar-refractivity contribution is 7.29. The summed E-state index contributed by atoms with van der Waals surface area (Å²) in [5.41, 5.74) is 1.12. The van der Waals surface area contributed by atoms with Gasteiger partial charge in [-0.3, -0.25) is 4.79 Å². The van der Waals surface area contributed by atoms with Crippen LogP contribution in [0, 0.1) is 5.82 Å². The number of nitrogens with one attached hydrogen (secondary N) is 1. The van der Waals surface area contributed by atoms with Crippen LogP contribution in [0.25, 0.3) is 15.2 Å². The second kappa shape index (κ2) is 8.30. The molecule has 0 aliphatic rings. The molecule has 150 valence electrons. The van der Waals surface area contributed by atoms with Gasteiger partial charge in [0.25, 0.3) is 5.91 Å². The number of imidazole rings is 1. The van der Waals surface area contributed by atoms with E-state index in [1.165, 1.54) is 17.4 Å². The van der Waals surface area contributed by atoms with Gasteiger partial charge < -0.3 is 14.8 Å². The number of amides is 1. The molecule has 1 aromatic carbocycles. The third-order valence-corrected chi connectivity index (χ3v) is 6.80. The van der Waals surface area contributed by atoms with E-state index in [9.17, 15) is 9.18 Å². The standard InChI is InChI=1S/C20H20FN5OS2/c1-3-25(4-2)20-24-19-17(29-20)10-16(28-19)18(27)23-11-13-5-6-15(14(21)9-13)26-8-7-22-12-26/h5-10,12H,3-4,11H2,1-2H3,(H,23,27). The van der Waals surface area contributed by atoms with Gasteiger partial charge in [0, 0.05) is 32.0 Å². The van der Waals surface area contributed by atoms with Gasteiger partial charge in [-0.25, -0.2) is 14.4 Å². The number of thiazole rings is 1. The minimum atomic E-state index is -0.362. The zero-order valence-electron chi connectivity index (χ0n) is 16.1. The largest absolute Gasteiger partial charge is 0.349 e. The highest BCUT2D eigenvalue weighted by Gasteiger charge is 2.16. The number of rotatable bonds is 7. The van der Waals surface area contributed by atoms with Gasteiger partial charge in [-0.05, 0) is 37.6 Å². The molecule has 0 atom stereocenters. The molecular weight excluding hydrogens is 409 g/mol. The fraction of sp³-hybridized carbons (Fsp3) is 0.250. The van der Waals surface area contributed by atoms with Crippen LogP contribution in [0.1, 0.15) is 29.1 Å². The summed E-state index contributed by atoms with van der Waals surface area (Å²) >= 11 is 2.98. The number of benzene rings is 1. The van der Waals surface area contributed by atoms with Crippen LogP contribution in [0.3, 0.4) is 0 Å². The Bertz CT molecular complexity index is 1100. The molecule has 9 heteroatoms. The molecule has 0 aliphatic heterocycles. The van der Waals surface area contributed by atoms with E-state index in [0.717, 1.165) is 27.8 Å². The Morgan fingerprint density at radius 3 is 2.72 bits per heavy atom. The van der Waals surface area contributed by atoms with Crippen molar-refractivity contribution < 1.29 is 9.18 Å². The van der Waals surface area contributed by atoms with Crippen molar-refractivity contribution >= 4 is 43.2 Å². The van der Waals surface area contributed by atoms with Crippen LogP contribution >= 0.6 is 22.7 Å². The van der Waals surface area contributed by atoms with Gasteiger partial charge in [-0.15, -0.1) is 11.3 Å². The van der Waals surface area contributed by atoms with Crippen molar-refractivity contribution in [3.05, 3.63) is 59.2 Å². The number of aromatic nitrogens is 3. The molecule has 0 aliphatic carbocycles. The van der Waals surface area contributed by atoms with Gasteiger partial charge in [-0.1, -0.05) is 17.4 Å². The highest BCUT2D eigenvalue weighted by Crippen LogP contribution is 2.34. The molecule has 4 rings (SSSR count).